The van der Waals surface area contributed by atoms with Crippen LogP contribution < -0.4 is 19.7 Å². The Morgan fingerprint density at radius 3 is 2.52 bits per heavy atom. The molecule has 224 valence electrons. The van der Waals surface area contributed by atoms with Crippen molar-refractivity contribution >= 4 is 38.9 Å². The number of sulfonamides is 1. The van der Waals surface area contributed by atoms with Crippen LogP contribution in [0.15, 0.2) is 54.6 Å². The van der Waals surface area contributed by atoms with Crippen LogP contribution in [-0.4, -0.2) is 38.8 Å². The first-order chi connectivity index (χ1) is 20.0. The molecule has 2 N–H and O–H groups in total. The van der Waals surface area contributed by atoms with Gasteiger partial charge in [0, 0.05) is 36.2 Å². The number of carbonyl (C=O) groups excluding carboxylic acids is 1. The van der Waals surface area contributed by atoms with Crippen LogP contribution in [0.5, 0.6) is 5.75 Å². The Morgan fingerprint density at radius 1 is 1.10 bits per heavy atom. The summed E-state index contributed by atoms with van der Waals surface area (Å²) in [6, 6.07) is 15.5. The van der Waals surface area contributed by atoms with Gasteiger partial charge in [0.05, 0.1) is 11.2 Å². The molecule has 0 aromatic heterocycles. The highest BCUT2D eigenvalue weighted by atomic mass is 32.2. The fraction of sp³-hybridized carbons (Fsp3) is 0.367. The summed E-state index contributed by atoms with van der Waals surface area (Å²) in [6.45, 7) is 7.66. The van der Waals surface area contributed by atoms with Crippen LogP contribution in [-0.2, 0) is 27.8 Å². The van der Waals surface area contributed by atoms with Gasteiger partial charge in [-0.3, -0.25) is 20.2 Å². The summed E-state index contributed by atoms with van der Waals surface area (Å²) in [6.07, 6.45) is 2.18. The topological polar surface area (TPSA) is 140 Å². The quantitative estimate of drug-likeness (QED) is 0.193. The van der Waals surface area contributed by atoms with Crippen LogP contribution in [0, 0.1) is 17.0 Å². The van der Waals surface area contributed by atoms with Gasteiger partial charge in [-0.1, -0.05) is 12.1 Å². The highest BCUT2D eigenvalue weighted by Crippen LogP contribution is 2.38. The van der Waals surface area contributed by atoms with E-state index in [1.165, 1.54) is 12.1 Å². The maximum atomic E-state index is 12.5. The van der Waals surface area contributed by atoms with E-state index >= 15 is 0 Å². The summed E-state index contributed by atoms with van der Waals surface area (Å²) < 4.78 is 37.2. The average Bonchev–Trinajstić information content (AvgIpc) is 2.93. The number of benzene rings is 3. The van der Waals surface area contributed by atoms with Crippen molar-refractivity contribution in [3.8, 4) is 5.75 Å². The molecule has 0 aliphatic heterocycles. The number of rotatable bonds is 11. The van der Waals surface area contributed by atoms with Gasteiger partial charge in [0.15, 0.2) is 5.75 Å². The summed E-state index contributed by atoms with van der Waals surface area (Å²) in [5.41, 5.74) is 5.04. The number of nitrogens with zero attached hydrogens (tertiary/aromatic N) is 2. The van der Waals surface area contributed by atoms with Crippen LogP contribution in [0.3, 0.4) is 0 Å². The van der Waals surface area contributed by atoms with Gasteiger partial charge in [-0.05, 0) is 98.7 Å². The number of nitro groups is 1. The first-order valence-corrected chi connectivity index (χ1v) is 15.7. The molecule has 0 heterocycles. The van der Waals surface area contributed by atoms with Gasteiger partial charge < -0.3 is 14.4 Å². The predicted octanol–water partition coefficient (Wildman–Crippen LogP) is 6.33. The van der Waals surface area contributed by atoms with Gasteiger partial charge in [0.25, 0.3) is 0 Å². The van der Waals surface area contributed by atoms with E-state index in [2.05, 4.69) is 28.8 Å². The van der Waals surface area contributed by atoms with Gasteiger partial charge in [-0.25, -0.2) is 13.2 Å². The van der Waals surface area contributed by atoms with Crippen molar-refractivity contribution in [2.75, 3.05) is 34.3 Å². The number of ether oxygens (including phenoxy) is 2. The molecule has 0 saturated carbocycles. The second-order valence-electron chi connectivity index (χ2n) is 10.2. The number of aryl methyl sites for hydroxylation is 2. The summed E-state index contributed by atoms with van der Waals surface area (Å²) >= 11 is 0. The lowest BCUT2D eigenvalue weighted by Crippen LogP contribution is -2.22. The smallest absolute Gasteiger partial charge is 0.411 e. The molecule has 3 aromatic rings. The molecule has 1 aliphatic rings. The fourth-order valence-corrected chi connectivity index (χ4v) is 5.64. The van der Waals surface area contributed by atoms with Crippen LogP contribution in [0.1, 0.15) is 55.0 Å². The molecule has 0 saturated heterocycles. The second-order valence-corrected chi connectivity index (χ2v) is 12.0. The molecule has 0 spiro atoms. The maximum Gasteiger partial charge on any atom is 0.411 e. The molecular weight excluding hydrogens is 560 g/mol. The van der Waals surface area contributed by atoms with E-state index in [-0.39, 0.29) is 18.0 Å². The Kier molecular flexibility index (Phi) is 9.56. The lowest BCUT2D eigenvalue weighted by molar-refractivity contribution is -0.386. The van der Waals surface area contributed by atoms with Crippen molar-refractivity contribution in [2.45, 2.75) is 52.7 Å². The number of amides is 1. The second kappa shape index (κ2) is 13.1. The van der Waals surface area contributed by atoms with E-state index in [0.29, 0.717) is 23.4 Å². The first-order valence-electron chi connectivity index (χ1n) is 13.8. The minimum Gasteiger partial charge on any atom is -0.479 e. The van der Waals surface area contributed by atoms with Crippen molar-refractivity contribution in [1.29, 1.82) is 0 Å². The van der Waals surface area contributed by atoms with Gasteiger partial charge in [-0.2, -0.15) is 0 Å². The standard InChI is InChI=1S/C30H36N4O7S/c1-5-33(6-2)24-12-14-26(20(3)16-24)31-30(35)40-19-21-10-15-29(27(17-21)34(36)37)41-28-9-7-8-22-18-23(11-13-25(22)28)32-42(4,38)39/h10-18,28,32H,5-9,19H2,1-4H3,(H,31,35). The zero-order valence-corrected chi connectivity index (χ0v) is 25.0. The summed E-state index contributed by atoms with van der Waals surface area (Å²) in [5, 5.41) is 14.6. The molecule has 12 heteroatoms. The number of anilines is 3. The van der Waals surface area contributed by atoms with Gasteiger partial charge >= 0.3 is 11.8 Å². The monoisotopic (exact) mass is 596 g/mol. The summed E-state index contributed by atoms with van der Waals surface area (Å²) in [7, 11) is -3.41. The third-order valence-corrected chi connectivity index (χ3v) is 7.75. The minimum atomic E-state index is -3.41. The highest BCUT2D eigenvalue weighted by Gasteiger charge is 2.26. The van der Waals surface area contributed by atoms with Crippen molar-refractivity contribution in [1.82, 2.24) is 0 Å². The third-order valence-electron chi connectivity index (χ3n) is 7.14. The highest BCUT2D eigenvalue weighted by molar-refractivity contribution is 7.92. The normalized spacial score (nSPS) is 14.4. The Balaban J connectivity index is 1.42. The van der Waals surface area contributed by atoms with Crippen molar-refractivity contribution in [3.63, 3.8) is 0 Å². The minimum absolute atomic E-state index is 0.105. The Labute approximate surface area is 246 Å². The van der Waals surface area contributed by atoms with E-state index in [1.54, 1.807) is 24.3 Å². The molecule has 1 atom stereocenters. The number of carbonyl (C=O) groups is 1. The average molecular weight is 597 g/mol. The maximum absolute atomic E-state index is 12.5. The van der Waals surface area contributed by atoms with E-state index in [9.17, 15) is 23.3 Å². The Hall–Kier alpha value is -4.32. The summed E-state index contributed by atoms with van der Waals surface area (Å²) in [5.74, 6) is 0.105. The van der Waals surface area contributed by atoms with Crippen LogP contribution in [0.2, 0.25) is 0 Å². The van der Waals surface area contributed by atoms with E-state index in [1.807, 2.05) is 25.1 Å². The van der Waals surface area contributed by atoms with Gasteiger partial charge in [0.1, 0.15) is 12.7 Å². The molecular formula is C30H36N4O7S. The number of fused-ring (bicyclic) bond motifs is 1. The van der Waals surface area contributed by atoms with Gasteiger partial charge in [0.2, 0.25) is 10.0 Å². The number of hydrogen-bond donors (Lipinski definition) is 2. The SMILES string of the molecule is CCN(CC)c1ccc(NC(=O)OCc2ccc(OC3CCCc4cc(NS(C)(=O)=O)ccc43)c([N+](=O)[O-])c2)c(C)c1. The molecule has 0 bridgehead atoms. The largest absolute Gasteiger partial charge is 0.479 e. The molecule has 1 unspecified atom stereocenters. The number of nitrogens with one attached hydrogen (secondary N) is 2. The van der Waals surface area contributed by atoms with Crippen molar-refractivity contribution in [3.05, 3.63) is 87.0 Å². The predicted molar refractivity (Wildman–Crippen MR) is 163 cm³/mol. The van der Waals surface area contributed by atoms with Crippen LogP contribution in [0.25, 0.3) is 0 Å². The van der Waals surface area contributed by atoms with Crippen molar-refractivity contribution < 1.29 is 27.6 Å². The van der Waals surface area contributed by atoms with Crippen LogP contribution in [0.4, 0.5) is 27.5 Å². The zero-order valence-electron chi connectivity index (χ0n) is 24.2. The van der Waals surface area contributed by atoms with E-state index < -0.39 is 27.1 Å². The molecule has 0 radical (unpaired) electrons. The molecule has 1 amide bonds. The lowest BCUT2D eigenvalue weighted by atomic mass is 9.89. The number of hydrogen-bond acceptors (Lipinski definition) is 8. The van der Waals surface area contributed by atoms with E-state index in [4.69, 9.17) is 9.47 Å². The van der Waals surface area contributed by atoms with Crippen molar-refractivity contribution in [2.24, 2.45) is 0 Å². The first kappa shape index (κ1) is 30.6. The molecule has 42 heavy (non-hydrogen) atoms. The Morgan fingerprint density at radius 2 is 1.86 bits per heavy atom. The molecule has 0 fully saturated rings. The van der Waals surface area contributed by atoms with E-state index in [0.717, 1.165) is 54.6 Å². The molecule has 11 nitrogen and oxygen atoms in total. The fourth-order valence-electron chi connectivity index (χ4n) is 5.09. The zero-order chi connectivity index (χ0) is 30.4. The van der Waals surface area contributed by atoms with Crippen LogP contribution >= 0.6 is 0 Å². The molecule has 3 aromatic carbocycles. The van der Waals surface area contributed by atoms with Gasteiger partial charge in [-0.15, -0.1) is 0 Å². The third kappa shape index (κ3) is 7.69. The Bertz CT molecular complexity index is 1570. The molecule has 1 aliphatic carbocycles. The lowest BCUT2D eigenvalue weighted by Gasteiger charge is -2.27. The number of nitro benzene ring substituents is 1. The molecule has 4 rings (SSSR count). The summed E-state index contributed by atoms with van der Waals surface area (Å²) in [4.78, 5) is 26.1.